The van der Waals surface area contributed by atoms with Crippen molar-refractivity contribution in [1.29, 1.82) is 0 Å². The van der Waals surface area contributed by atoms with E-state index in [-0.39, 0.29) is 35.0 Å². The third-order valence-electron chi connectivity index (χ3n) is 5.19. The van der Waals surface area contributed by atoms with Gasteiger partial charge in [-0.3, -0.25) is 4.98 Å². The van der Waals surface area contributed by atoms with Gasteiger partial charge < -0.3 is 14.9 Å². The van der Waals surface area contributed by atoms with Gasteiger partial charge in [0, 0.05) is 12.7 Å². The Morgan fingerprint density at radius 1 is 1.14 bits per heavy atom. The normalized spacial score (nSPS) is 12.7. The van der Waals surface area contributed by atoms with Crippen molar-refractivity contribution in [2.75, 3.05) is 18.2 Å². The van der Waals surface area contributed by atoms with Crippen LogP contribution in [0.3, 0.4) is 0 Å². The topological polar surface area (TPSA) is 97.9 Å². The van der Waals surface area contributed by atoms with Gasteiger partial charge in [-0.25, -0.2) is 22.2 Å². The number of fused-ring (bicyclic) bond motifs is 1. The van der Waals surface area contributed by atoms with E-state index in [0.717, 1.165) is 6.26 Å². The van der Waals surface area contributed by atoms with Gasteiger partial charge in [-0.15, -0.1) is 4.98 Å². The minimum absolute atomic E-state index is 0.0676. The smallest absolute Gasteiger partial charge is 0.312 e. The molecule has 0 fully saturated rings. The summed E-state index contributed by atoms with van der Waals surface area (Å²) in [6.07, 6.45) is -1.55. The molecule has 0 saturated carbocycles. The summed E-state index contributed by atoms with van der Waals surface area (Å²) in [5.41, 5.74) is 1.99. The van der Waals surface area contributed by atoms with Crippen LogP contribution in [0.2, 0.25) is 0 Å². The molecule has 0 aliphatic carbocycles. The van der Waals surface area contributed by atoms with Crippen LogP contribution in [-0.4, -0.2) is 43.4 Å². The predicted molar refractivity (Wildman–Crippen MR) is 128 cm³/mol. The van der Waals surface area contributed by atoms with E-state index in [1.807, 2.05) is 6.92 Å². The number of aliphatic imine (C=N–C) groups is 1. The van der Waals surface area contributed by atoms with Crippen LogP contribution in [0, 0.1) is 6.57 Å². The first-order valence-corrected chi connectivity index (χ1v) is 12.5. The molecule has 0 amide bonds. The van der Waals surface area contributed by atoms with Crippen molar-refractivity contribution in [3.8, 4) is 5.75 Å². The lowest BCUT2D eigenvalue weighted by Gasteiger charge is -2.14. The van der Waals surface area contributed by atoms with Crippen molar-refractivity contribution in [2.45, 2.75) is 31.1 Å². The summed E-state index contributed by atoms with van der Waals surface area (Å²) < 4.78 is 56.7. The molecule has 1 aliphatic heterocycles. The number of anilines is 2. The van der Waals surface area contributed by atoms with E-state index in [1.165, 1.54) is 6.07 Å². The van der Waals surface area contributed by atoms with Gasteiger partial charge in [0.15, 0.2) is 9.84 Å². The summed E-state index contributed by atoms with van der Waals surface area (Å²) in [5.74, 6) is 0.497. The second-order valence-corrected chi connectivity index (χ2v) is 9.76. The largest absolute Gasteiger partial charge is 0.503 e. The number of sulfone groups is 1. The van der Waals surface area contributed by atoms with Gasteiger partial charge in [-0.2, -0.15) is 0 Å². The van der Waals surface area contributed by atoms with Gasteiger partial charge in [0.2, 0.25) is 0 Å². The van der Waals surface area contributed by atoms with Gasteiger partial charge in [-0.1, -0.05) is 18.7 Å². The van der Waals surface area contributed by atoms with E-state index in [9.17, 15) is 17.2 Å². The highest BCUT2D eigenvalue weighted by Crippen LogP contribution is 2.38. The number of hydrogen-bond acceptors (Lipinski definition) is 7. The number of nitrogens with zero attached hydrogens (tertiary/aromatic N) is 4. The summed E-state index contributed by atoms with van der Waals surface area (Å²) in [6.45, 7) is 9.56. The molecule has 1 aliphatic rings. The number of ether oxygens (including phenoxy) is 1. The molecule has 2 aromatic heterocycles. The first-order valence-electron chi connectivity index (χ1n) is 10.6. The number of para-hydroxylation sites is 1. The van der Waals surface area contributed by atoms with Crippen LogP contribution in [0.1, 0.15) is 24.0 Å². The van der Waals surface area contributed by atoms with Crippen LogP contribution in [0.25, 0.3) is 4.85 Å². The molecule has 1 aromatic carbocycles. The third kappa shape index (κ3) is 5.27. The second-order valence-electron chi connectivity index (χ2n) is 7.78. The van der Waals surface area contributed by atoms with Crippen LogP contribution in [0.5, 0.6) is 5.75 Å². The van der Waals surface area contributed by atoms with Gasteiger partial charge in [0.25, 0.3) is 6.43 Å². The van der Waals surface area contributed by atoms with Crippen molar-refractivity contribution in [1.82, 2.24) is 9.97 Å². The molecule has 11 heteroatoms. The van der Waals surface area contributed by atoms with E-state index >= 15 is 0 Å². The molecule has 0 radical (unpaired) electrons. The minimum Gasteiger partial charge on any atom is -0.503 e. The van der Waals surface area contributed by atoms with E-state index in [2.05, 4.69) is 25.1 Å². The van der Waals surface area contributed by atoms with E-state index in [1.54, 1.807) is 36.4 Å². The number of aromatic nitrogens is 2. The maximum atomic E-state index is 13.4. The summed E-state index contributed by atoms with van der Waals surface area (Å²) in [7, 11) is -3.55. The predicted octanol–water partition coefficient (Wildman–Crippen LogP) is 5.06. The maximum absolute atomic E-state index is 13.4. The molecule has 0 spiro atoms. The van der Waals surface area contributed by atoms with Crippen LogP contribution in [0.4, 0.5) is 31.7 Å². The van der Waals surface area contributed by atoms with Gasteiger partial charge in [0.1, 0.15) is 17.1 Å². The average molecular weight is 498 g/mol. The zero-order valence-corrected chi connectivity index (χ0v) is 19.7. The molecule has 0 bridgehead atoms. The molecule has 0 atom stereocenters. The van der Waals surface area contributed by atoms with Gasteiger partial charge >= 0.3 is 5.82 Å². The Balaban J connectivity index is 1.75. The Morgan fingerprint density at radius 2 is 1.91 bits per heavy atom. The number of hydrogen-bond donors (Lipinski definition) is 1. The number of rotatable bonds is 8. The summed E-state index contributed by atoms with van der Waals surface area (Å²) >= 11 is 0. The molecule has 35 heavy (non-hydrogen) atoms. The Labute approximate surface area is 201 Å². The highest BCUT2D eigenvalue weighted by atomic mass is 32.2. The zero-order valence-electron chi connectivity index (χ0n) is 18.9. The monoisotopic (exact) mass is 497 g/mol. The molecule has 0 unspecified atom stereocenters. The first-order chi connectivity index (χ1) is 16.7. The Hall–Kier alpha value is -3.91. The summed E-state index contributed by atoms with van der Waals surface area (Å²) in [4.78, 5) is 16.4. The van der Waals surface area contributed by atoms with Crippen molar-refractivity contribution in [2.24, 2.45) is 4.99 Å². The van der Waals surface area contributed by atoms with Crippen molar-refractivity contribution >= 4 is 38.4 Å². The fourth-order valence-electron chi connectivity index (χ4n) is 3.71. The minimum atomic E-state index is -3.55. The molecular weight excluding hydrogens is 476 g/mol. The molecule has 0 saturated heterocycles. The lowest BCUT2D eigenvalue weighted by molar-refractivity contribution is 0.224. The molecule has 4 rings (SSSR count). The number of halogens is 2. The number of benzene rings is 1. The van der Waals surface area contributed by atoms with Crippen LogP contribution >= 0.6 is 0 Å². The first kappa shape index (κ1) is 24.2. The molecule has 3 aromatic rings. The Bertz CT molecular complexity index is 1470. The van der Waals surface area contributed by atoms with Crippen LogP contribution in [-0.2, 0) is 22.7 Å². The van der Waals surface area contributed by atoms with Crippen LogP contribution < -0.4 is 10.1 Å². The molecular formula is C24H21F2N5O3S. The molecule has 3 heterocycles. The average Bonchev–Trinajstić information content (AvgIpc) is 3.25. The Kier molecular flexibility index (Phi) is 6.75. The highest BCUT2D eigenvalue weighted by molar-refractivity contribution is 7.90. The summed E-state index contributed by atoms with van der Waals surface area (Å²) in [6, 6.07) is 11.3. The lowest BCUT2D eigenvalue weighted by Crippen LogP contribution is -2.10. The van der Waals surface area contributed by atoms with Crippen LogP contribution in [0.15, 0.2) is 52.4 Å². The van der Waals surface area contributed by atoms with Gasteiger partial charge in [0.05, 0.1) is 46.4 Å². The maximum Gasteiger partial charge on any atom is 0.312 e. The standard InChI is InChI=1S/C24H21F2N5O3S/c1-4-34-20-10-9-14(29-24(20)27-2)11-15-12-17(22-18(28-15)13-19(31-22)23(25)26)30-16-7-5-6-8-21(16)35(3,32)33/h5-10,12,23H,4,11,13H2,1,3H3,(H,28,30). The molecule has 8 nitrogen and oxygen atoms in total. The quantitative estimate of drug-likeness (QED) is 0.437. The SMILES string of the molecule is [C-]#[N+]c1nc(Cc2cc(Nc3ccccc3S(C)(=O)=O)c3c(n2)CC(C(F)F)=N3)ccc1OCC. The van der Waals surface area contributed by atoms with E-state index < -0.39 is 16.3 Å². The zero-order chi connectivity index (χ0) is 25.2. The second kappa shape index (κ2) is 9.76. The highest BCUT2D eigenvalue weighted by Gasteiger charge is 2.27. The van der Waals surface area contributed by atoms with E-state index in [0.29, 0.717) is 40.8 Å². The fraction of sp³-hybridized carbons (Fsp3) is 0.250. The van der Waals surface area contributed by atoms with Crippen molar-refractivity contribution < 1.29 is 21.9 Å². The van der Waals surface area contributed by atoms with Crippen molar-refractivity contribution in [3.05, 3.63) is 71.0 Å². The van der Waals surface area contributed by atoms with Crippen molar-refractivity contribution in [3.63, 3.8) is 0 Å². The Morgan fingerprint density at radius 3 is 2.60 bits per heavy atom. The number of alkyl halides is 2. The molecule has 180 valence electrons. The molecule has 1 N–H and O–H groups in total. The lowest BCUT2D eigenvalue weighted by atomic mass is 10.1. The summed E-state index contributed by atoms with van der Waals surface area (Å²) in [5, 5.41) is 3.05. The fourth-order valence-corrected chi connectivity index (χ4v) is 4.55. The van der Waals surface area contributed by atoms with Gasteiger partial charge in [-0.05, 0) is 37.3 Å². The third-order valence-corrected chi connectivity index (χ3v) is 6.35. The number of pyridine rings is 2. The number of nitrogens with one attached hydrogen (secondary N) is 1. The van der Waals surface area contributed by atoms with E-state index in [4.69, 9.17) is 11.3 Å².